The Kier molecular flexibility index (Phi) is 8.35. The van der Waals surface area contributed by atoms with E-state index in [9.17, 15) is 4.39 Å². The van der Waals surface area contributed by atoms with Crippen molar-refractivity contribution >= 4 is 0 Å². The molecule has 0 fully saturated rings. The molecular formula is C22H46F2N2. The Morgan fingerprint density at radius 1 is 0.577 bits per heavy atom. The molecular weight excluding hydrogens is 330 g/mol. The van der Waals surface area contributed by atoms with Crippen molar-refractivity contribution in [1.82, 2.24) is 9.80 Å². The van der Waals surface area contributed by atoms with Crippen LogP contribution in [0.25, 0.3) is 0 Å². The van der Waals surface area contributed by atoms with Crippen molar-refractivity contribution in [2.24, 2.45) is 0 Å². The second-order valence-electron chi connectivity index (χ2n) is 11.4. The van der Waals surface area contributed by atoms with Gasteiger partial charge in [0.25, 0.3) is 0 Å². The minimum absolute atomic E-state index is 0.0330. The Morgan fingerprint density at radius 2 is 0.962 bits per heavy atom. The minimum atomic E-state index is -1.38. The smallest absolute Gasteiger partial charge is 0.121 e. The summed E-state index contributed by atoms with van der Waals surface area (Å²) in [5, 5.41) is 0. The van der Waals surface area contributed by atoms with E-state index in [0.717, 1.165) is 6.42 Å². The monoisotopic (exact) mass is 376 g/mol. The Balaban J connectivity index is 4.71. The van der Waals surface area contributed by atoms with Crippen molar-refractivity contribution in [3.63, 3.8) is 0 Å². The van der Waals surface area contributed by atoms with Crippen molar-refractivity contribution < 1.29 is 8.78 Å². The molecule has 0 aromatic carbocycles. The lowest BCUT2D eigenvalue weighted by atomic mass is 9.84. The molecule has 0 aromatic rings. The van der Waals surface area contributed by atoms with E-state index in [1.165, 1.54) is 0 Å². The average Bonchev–Trinajstić information content (AvgIpc) is 2.40. The maximum Gasteiger partial charge on any atom is 0.121 e. The lowest BCUT2D eigenvalue weighted by Crippen LogP contribution is -2.52. The van der Waals surface area contributed by atoms with Crippen molar-refractivity contribution in [2.75, 3.05) is 20.6 Å². The standard InChI is InChI=1S/C22H46F2N2/c1-18(2,3)25(11)17-22(10,24)16-15-21(9,23)14-13-20(7,8)26(12)19(4,5)6/h13-17H2,1-12H3. The summed E-state index contributed by atoms with van der Waals surface area (Å²) in [4.78, 5) is 4.30. The lowest BCUT2D eigenvalue weighted by molar-refractivity contribution is 0.0228. The van der Waals surface area contributed by atoms with E-state index in [-0.39, 0.29) is 29.5 Å². The Labute approximate surface area is 162 Å². The quantitative estimate of drug-likeness (QED) is 0.470. The second-order valence-corrected chi connectivity index (χ2v) is 11.4. The van der Waals surface area contributed by atoms with Crippen LogP contribution in [0.4, 0.5) is 8.78 Å². The van der Waals surface area contributed by atoms with E-state index in [4.69, 9.17) is 0 Å². The number of alkyl halides is 2. The zero-order valence-electron chi connectivity index (χ0n) is 19.7. The van der Waals surface area contributed by atoms with E-state index in [1.54, 1.807) is 13.8 Å². The molecule has 0 heterocycles. The van der Waals surface area contributed by atoms with Crippen molar-refractivity contribution in [3.05, 3.63) is 0 Å². The highest BCUT2D eigenvalue weighted by Gasteiger charge is 2.36. The van der Waals surface area contributed by atoms with E-state index < -0.39 is 11.3 Å². The molecule has 0 saturated heterocycles. The lowest BCUT2D eigenvalue weighted by Gasteiger charge is -2.45. The first-order chi connectivity index (χ1) is 11.2. The van der Waals surface area contributed by atoms with Gasteiger partial charge in [-0.2, -0.15) is 0 Å². The van der Waals surface area contributed by atoms with E-state index in [2.05, 4.69) is 67.3 Å². The molecule has 0 rings (SSSR count). The molecule has 158 valence electrons. The molecule has 0 aromatic heterocycles. The van der Waals surface area contributed by atoms with Gasteiger partial charge in [0.2, 0.25) is 0 Å². The van der Waals surface area contributed by atoms with Gasteiger partial charge < -0.3 is 0 Å². The van der Waals surface area contributed by atoms with Gasteiger partial charge in [-0.05, 0) is 109 Å². The molecule has 0 amide bonds. The maximum atomic E-state index is 15.1. The summed E-state index contributed by atoms with van der Waals surface area (Å²) in [6.07, 6.45) is 1.70. The van der Waals surface area contributed by atoms with Crippen LogP contribution in [0.15, 0.2) is 0 Å². The topological polar surface area (TPSA) is 6.48 Å². The number of nitrogens with zero attached hydrogens (tertiary/aromatic N) is 2. The van der Waals surface area contributed by atoms with Gasteiger partial charge in [-0.25, -0.2) is 8.78 Å². The third-order valence-corrected chi connectivity index (χ3v) is 6.05. The summed E-state index contributed by atoms with van der Waals surface area (Å²) in [7, 11) is 4.02. The molecule has 4 heteroatoms. The average molecular weight is 377 g/mol. The van der Waals surface area contributed by atoms with Gasteiger partial charge in [-0.15, -0.1) is 0 Å². The van der Waals surface area contributed by atoms with Crippen molar-refractivity contribution in [1.29, 1.82) is 0 Å². The molecule has 0 saturated carbocycles. The van der Waals surface area contributed by atoms with E-state index in [1.807, 2.05) is 11.9 Å². The van der Waals surface area contributed by atoms with Crippen LogP contribution in [0, 0.1) is 0 Å². The SMILES string of the molecule is CN(CC(C)(F)CCC(C)(F)CCC(C)(C)N(C)C(C)(C)C)C(C)(C)C. The van der Waals surface area contributed by atoms with Crippen LogP contribution in [0.2, 0.25) is 0 Å². The minimum Gasteiger partial charge on any atom is -0.298 e. The predicted octanol–water partition coefficient (Wildman–Crippen LogP) is 6.24. The van der Waals surface area contributed by atoms with Crippen molar-refractivity contribution in [2.45, 2.75) is 123 Å². The van der Waals surface area contributed by atoms with Gasteiger partial charge in [0.1, 0.15) is 11.3 Å². The van der Waals surface area contributed by atoms with Crippen LogP contribution >= 0.6 is 0 Å². The molecule has 2 nitrogen and oxygen atoms in total. The first kappa shape index (κ1) is 25.8. The Hall–Kier alpha value is -0.220. The zero-order chi connectivity index (χ0) is 21.2. The molecule has 0 radical (unpaired) electrons. The number of hydrogen-bond donors (Lipinski definition) is 0. The predicted molar refractivity (Wildman–Crippen MR) is 111 cm³/mol. The zero-order valence-corrected chi connectivity index (χ0v) is 19.7. The first-order valence-electron chi connectivity index (χ1n) is 10.0. The van der Waals surface area contributed by atoms with Crippen LogP contribution in [-0.2, 0) is 0 Å². The fraction of sp³-hybridized carbons (Fsp3) is 1.00. The number of hydrogen-bond acceptors (Lipinski definition) is 2. The van der Waals surface area contributed by atoms with Gasteiger partial charge in [-0.1, -0.05) is 0 Å². The van der Waals surface area contributed by atoms with Crippen LogP contribution < -0.4 is 0 Å². The summed E-state index contributed by atoms with van der Waals surface area (Å²) >= 11 is 0. The maximum absolute atomic E-state index is 15.1. The first-order valence-corrected chi connectivity index (χ1v) is 10.0. The summed E-state index contributed by atoms with van der Waals surface area (Å²) in [6, 6.07) is 0. The van der Waals surface area contributed by atoms with Gasteiger partial charge in [0.05, 0.1) is 0 Å². The largest absolute Gasteiger partial charge is 0.298 e. The number of rotatable bonds is 9. The summed E-state index contributed by atoms with van der Waals surface area (Å²) in [6.45, 7) is 20.6. The summed E-state index contributed by atoms with van der Waals surface area (Å²) < 4.78 is 30.0. The van der Waals surface area contributed by atoms with Gasteiger partial charge >= 0.3 is 0 Å². The summed E-state index contributed by atoms with van der Waals surface area (Å²) in [5.41, 5.74) is -2.88. The molecule has 26 heavy (non-hydrogen) atoms. The third-order valence-electron chi connectivity index (χ3n) is 6.05. The molecule has 0 bridgehead atoms. The molecule has 0 aliphatic heterocycles. The highest BCUT2D eigenvalue weighted by molar-refractivity contribution is 4.91. The number of halogens is 2. The molecule has 0 aliphatic carbocycles. The van der Waals surface area contributed by atoms with E-state index >= 15 is 4.39 Å². The van der Waals surface area contributed by atoms with Gasteiger partial charge in [0.15, 0.2) is 0 Å². The van der Waals surface area contributed by atoms with Crippen LogP contribution in [0.3, 0.4) is 0 Å². The normalized spacial score (nSPS) is 18.9. The molecule has 0 aliphatic rings. The fourth-order valence-corrected chi connectivity index (χ4v) is 3.10. The molecule has 0 spiro atoms. The van der Waals surface area contributed by atoms with E-state index in [0.29, 0.717) is 13.0 Å². The van der Waals surface area contributed by atoms with Gasteiger partial charge in [0, 0.05) is 23.2 Å². The van der Waals surface area contributed by atoms with Crippen LogP contribution in [0.5, 0.6) is 0 Å². The highest BCUT2D eigenvalue weighted by Crippen LogP contribution is 2.34. The summed E-state index contributed by atoms with van der Waals surface area (Å²) in [5.74, 6) is 0. The molecule has 0 N–H and O–H groups in total. The third kappa shape index (κ3) is 9.12. The van der Waals surface area contributed by atoms with Crippen molar-refractivity contribution in [3.8, 4) is 0 Å². The highest BCUT2D eigenvalue weighted by atomic mass is 19.1. The second kappa shape index (κ2) is 8.43. The molecule has 2 atom stereocenters. The van der Waals surface area contributed by atoms with Crippen LogP contribution in [-0.4, -0.2) is 58.4 Å². The Bertz CT molecular complexity index is 428. The molecule has 2 unspecified atom stereocenters. The van der Waals surface area contributed by atoms with Crippen LogP contribution in [0.1, 0.15) is 94.9 Å². The Morgan fingerprint density at radius 3 is 1.35 bits per heavy atom. The van der Waals surface area contributed by atoms with Gasteiger partial charge in [-0.3, -0.25) is 9.80 Å². The fourth-order valence-electron chi connectivity index (χ4n) is 3.10.